The fourth-order valence-electron chi connectivity index (χ4n) is 5.01. The van der Waals surface area contributed by atoms with Gasteiger partial charge in [0.05, 0.1) is 0 Å². The molecular weight excluding hydrogens is 512 g/mol. The number of hydrogen-bond donors (Lipinski definition) is 4. The predicted molar refractivity (Wildman–Crippen MR) is 157 cm³/mol. The van der Waals surface area contributed by atoms with Gasteiger partial charge in [0.25, 0.3) is 0 Å². The predicted octanol–water partition coefficient (Wildman–Crippen LogP) is 8.54. The Bertz CT molecular complexity index is 419. The molecule has 4 N–H and O–H groups in total. The van der Waals surface area contributed by atoms with E-state index in [4.69, 9.17) is 4.74 Å². The second-order valence-corrected chi connectivity index (χ2v) is 11.6. The molecule has 0 aromatic heterocycles. The normalized spacial score (nSPS) is 12.2. The summed E-state index contributed by atoms with van der Waals surface area (Å²) in [5.74, 6) is -2.94. The smallest absolute Gasteiger partial charge is 0.162 e. The van der Waals surface area contributed by atoms with Gasteiger partial charge in [0.2, 0.25) is 0 Å². The average molecular weight is 579 g/mol. The van der Waals surface area contributed by atoms with Crippen LogP contribution in [0.1, 0.15) is 181 Å². The molecule has 0 aromatic carbocycles. The van der Waals surface area contributed by atoms with Crippen molar-refractivity contribution in [3.05, 3.63) is 0 Å². The summed E-state index contributed by atoms with van der Waals surface area (Å²) in [6.45, 7) is 6.06. The van der Waals surface area contributed by atoms with Crippen LogP contribution >= 0.6 is 0 Å². The standard InChI is InChI=1S/C32H66O5.Ti/c1-3-5-7-9-13-19-25-31(33,34)27-21-15-11-17-23-29-37-30-24-18-12-16-22-28-32(35,36)26-20-14-10-8-6-4-2;/h33-36H,3-30H2,1-2H3;. The molecular formula is C32H66O5Ti. The first-order valence-corrected chi connectivity index (χ1v) is 16.3. The van der Waals surface area contributed by atoms with Crippen molar-refractivity contribution in [3.8, 4) is 0 Å². The summed E-state index contributed by atoms with van der Waals surface area (Å²) >= 11 is 0. The Balaban J connectivity index is 0. The summed E-state index contributed by atoms with van der Waals surface area (Å²) in [5, 5.41) is 40.5. The summed E-state index contributed by atoms with van der Waals surface area (Å²) in [6, 6.07) is 0. The minimum atomic E-state index is -1.47. The Kier molecular flexibility index (Phi) is 31.0. The van der Waals surface area contributed by atoms with Gasteiger partial charge in [-0.3, -0.25) is 0 Å². The van der Waals surface area contributed by atoms with Gasteiger partial charge in [0.1, 0.15) is 0 Å². The summed E-state index contributed by atoms with van der Waals surface area (Å²) in [5.41, 5.74) is 0. The molecule has 0 radical (unpaired) electrons. The van der Waals surface area contributed by atoms with Gasteiger partial charge in [-0.15, -0.1) is 0 Å². The van der Waals surface area contributed by atoms with E-state index in [1.165, 1.54) is 51.4 Å². The Morgan fingerprint density at radius 3 is 0.895 bits per heavy atom. The fraction of sp³-hybridized carbons (Fsp3) is 1.00. The minimum Gasteiger partial charge on any atom is -0.381 e. The van der Waals surface area contributed by atoms with E-state index in [-0.39, 0.29) is 21.7 Å². The SMILES string of the molecule is CCCCCCCCC(O)(O)CCCCCCCOCCCCCCCC(O)(O)CCCCCCCC.[Ti]. The zero-order chi connectivity index (χ0) is 27.5. The molecule has 0 rings (SSSR count). The summed E-state index contributed by atoms with van der Waals surface area (Å²) in [6.07, 6.45) is 26.7. The molecule has 0 amide bonds. The van der Waals surface area contributed by atoms with Crippen molar-refractivity contribution in [2.75, 3.05) is 13.2 Å². The van der Waals surface area contributed by atoms with Crippen LogP contribution in [0.3, 0.4) is 0 Å². The number of unbranched alkanes of at least 4 members (excludes halogenated alkanes) is 18. The van der Waals surface area contributed by atoms with E-state index in [1.807, 2.05) is 0 Å². The summed E-state index contributed by atoms with van der Waals surface area (Å²) in [4.78, 5) is 0. The second-order valence-electron chi connectivity index (χ2n) is 11.6. The van der Waals surface area contributed by atoms with Gasteiger partial charge >= 0.3 is 0 Å². The summed E-state index contributed by atoms with van der Waals surface area (Å²) < 4.78 is 5.75. The van der Waals surface area contributed by atoms with Crippen molar-refractivity contribution in [1.82, 2.24) is 0 Å². The molecule has 0 aliphatic heterocycles. The molecule has 0 aliphatic carbocycles. The zero-order valence-corrected chi connectivity index (χ0v) is 27.1. The molecule has 0 heterocycles. The second kappa shape index (κ2) is 29.0. The largest absolute Gasteiger partial charge is 0.381 e. The van der Waals surface area contributed by atoms with E-state index in [1.54, 1.807) is 0 Å². The number of rotatable bonds is 30. The van der Waals surface area contributed by atoms with E-state index in [0.29, 0.717) is 25.7 Å². The topological polar surface area (TPSA) is 90.2 Å². The fourth-order valence-corrected chi connectivity index (χ4v) is 5.01. The Hall–Kier alpha value is 0.514. The van der Waals surface area contributed by atoms with Crippen LogP contribution in [-0.2, 0) is 26.5 Å². The van der Waals surface area contributed by atoms with E-state index < -0.39 is 11.6 Å². The van der Waals surface area contributed by atoms with Crippen LogP contribution in [0, 0.1) is 0 Å². The van der Waals surface area contributed by atoms with Gasteiger partial charge in [-0.25, -0.2) is 0 Å². The summed E-state index contributed by atoms with van der Waals surface area (Å²) in [7, 11) is 0. The maximum Gasteiger partial charge on any atom is 0.162 e. The monoisotopic (exact) mass is 578 g/mol. The Labute approximate surface area is 251 Å². The quantitative estimate of drug-likeness (QED) is 0.0390. The minimum absolute atomic E-state index is 0. The number of hydrogen-bond acceptors (Lipinski definition) is 5. The first-order valence-electron chi connectivity index (χ1n) is 16.3. The zero-order valence-electron chi connectivity index (χ0n) is 25.5. The van der Waals surface area contributed by atoms with E-state index in [9.17, 15) is 20.4 Å². The molecule has 5 nitrogen and oxygen atoms in total. The van der Waals surface area contributed by atoms with E-state index >= 15 is 0 Å². The molecule has 0 atom stereocenters. The third-order valence-corrected chi connectivity index (χ3v) is 7.59. The molecule has 228 valence electrons. The van der Waals surface area contributed by atoms with Crippen molar-refractivity contribution in [2.24, 2.45) is 0 Å². The number of aliphatic hydroxyl groups is 4. The van der Waals surface area contributed by atoms with Crippen molar-refractivity contribution in [1.29, 1.82) is 0 Å². The molecule has 0 bridgehead atoms. The van der Waals surface area contributed by atoms with Crippen molar-refractivity contribution < 1.29 is 46.9 Å². The van der Waals surface area contributed by atoms with Gasteiger partial charge < -0.3 is 25.2 Å². The van der Waals surface area contributed by atoms with Crippen LogP contribution < -0.4 is 0 Å². The van der Waals surface area contributed by atoms with Gasteiger partial charge in [-0.2, -0.15) is 0 Å². The van der Waals surface area contributed by atoms with E-state index in [0.717, 1.165) is 103 Å². The van der Waals surface area contributed by atoms with Crippen LogP contribution in [0.4, 0.5) is 0 Å². The van der Waals surface area contributed by atoms with Gasteiger partial charge in [0, 0.05) is 60.6 Å². The van der Waals surface area contributed by atoms with Crippen LogP contribution in [0.15, 0.2) is 0 Å². The first-order chi connectivity index (χ1) is 17.8. The molecule has 38 heavy (non-hydrogen) atoms. The van der Waals surface area contributed by atoms with Crippen LogP contribution in [0.5, 0.6) is 0 Å². The van der Waals surface area contributed by atoms with Crippen LogP contribution in [0.2, 0.25) is 0 Å². The molecule has 0 fully saturated rings. The molecule has 0 saturated carbocycles. The third kappa shape index (κ3) is 31.0. The molecule has 0 spiro atoms. The van der Waals surface area contributed by atoms with Gasteiger partial charge in [-0.1, -0.05) is 117 Å². The first kappa shape index (κ1) is 40.7. The van der Waals surface area contributed by atoms with Crippen molar-refractivity contribution in [2.45, 2.75) is 192 Å². The number of ether oxygens (including phenoxy) is 1. The molecule has 0 aliphatic rings. The molecule has 6 heteroatoms. The average Bonchev–Trinajstić information content (AvgIpc) is 2.85. The van der Waals surface area contributed by atoms with E-state index in [2.05, 4.69) is 13.8 Å². The molecule has 0 saturated heterocycles. The van der Waals surface area contributed by atoms with Crippen molar-refractivity contribution in [3.63, 3.8) is 0 Å². The molecule has 0 unspecified atom stereocenters. The van der Waals surface area contributed by atoms with Crippen LogP contribution in [-0.4, -0.2) is 45.2 Å². The van der Waals surface area contributed by atoms with Crippen molar-refractivity contribution >= 4 is 0 Å². The molecule has 0 aromatic rings. The maximum absolute atomic E-state index is 10.1. The van der Waals surface area contributed by atoms with Crippen LogP contribution in [0.25, 0.3) is 0 Å². The maximum atomic E-state index is 10.1. The Morgan fingerprint density at radius 2 is 0.605 bits per heavy atom. The third-order valence-electron chi connectivity index (χ3n) is 7.59. The Morgan fingerprint density at radius 1 is 0.368 bits per heavy atom. The van der Waals surface area contributed by atoms with Gasteiger partial charge in [-0.05, 0) is 38.5 Å². The van der Waals surface area contributed by atoms with Gasteiger partial charge in [0.15, 0.2) is 11.6 Å².